The lowest BCUT2D eigenvalue weighted by molar-refractivity contribution is -0.132. The first kappa shape index (κ1) is 21.6. The minimum absolute atomic E-state index is 0.0120. The number of piperazine rings is 1. The quantitative estimate of drug-likeness (QED) is 0.388. The lowest BCUT2D eigenvalue weighted by atomic mass is 9.97. The average molecular weight is 447 g/mol. The van der Waals surface area contributed by atoms with Crippen LogP contribution >= 0.6 is 23.1 Å². The Kier molecular flexibility index (Phi) is 6.65. The van der Waals surface area contributed by atoms with E-state index in [0.29, 0.717) is 11.7 Å². The Hall–Kier alpha value is -1.64. The van der Waals surface area contributed by atoms with E-state index in [9.17, 15) is 9.59 Å². The maximum Gasteiger partial charge on any atom is 0.263 e. The fourth-order valence-electron chi connectivity index (χ4n) is 4.35. The van der Waals surface area contributed by atoms with Gasteiger partial charge in [0.05, 0.1) is 10.6 Å². The summed E-state index contributed by atoms with van der Waals surface area (Å²) in [5, 5.41) is 1.13. The number of likely N-dealkylation sites (N-methyl/N-ethyl adjacent to an activating group) is 1. The molecule has 1 atom stereocenters. The molecule has 1 unspecified atom stereocenters. The third-order valence-corrected chi connectivity index (χ3v) is 8.38. The first-order chi connectivity index (χ1) is 14.5. The van der Waals surface area contributed by atoms with Gasteiger partial charge in [-0.1, -0.05) is 24.8 Å². The van der Waals surface area contributed by atoms with E-state index < -0.39 is 0 Å². The van der Waals surface area contributed by atoms with Gasteiger partial charge in [0.1, 0.15) is 4.83 Å². The molecule has 0 saturated carbocycles. The molecule has 8 heteroatoms. The van der Waals surface area contributed by atoms with E-state index in [2.05, 4.69) is 18.4 Å². The predicted molar refractivity (Wildman–Crippen MR) is 125 cm³/mol. The number of carbonyl (C=O) groups excluding carboxylic acids is 1. The molecular formula is C22H30N4O2S2. The van der Waals surface area contributed by atoms with Gasteiger partial charge in [0.15, 0.2) is 5.16 Å². The second-order valence-electron chi connectivity index (χ2n) is 8.01. The van der Waals surface area contributed by atoms with Crippen molar-refractivity contribution >= 4 is 39.2 Å². The van der Waals surface area contributed by atoms with Gasteiger partial charge in [0.25, 0.3) is 5.56 Å². The second-order valence-corrected chi connectivity index (χ2v) is 10.4. The van der Waals surface area contributed by atoms with E-state index in [1.165, 1.54) is 28.6 Å². The summed E-state index contributed by atoms with van der Waals surface area (Å²) < 4.78 is 1.69. The third-order valence-electron chi connectivity index (χ3n) is 6.11. The van der Waals surface area contributed by atoms with Crippen molar-refractivity contribution in [2.75, 3.05) is 32.7 Å². The van der Waals surface area contributed by atoms with Crippen LogP contribution in [0.1, 0.15) is 37.1 Å². The van der Waals surface area contributed by atoms with Gasteiger partial charge in [-0.3, -0.25) is 14.2 Å². The van der Waals surface area contributed by atoms with Crippen LogP contribution in [0.25, 0.3) is 10.2 Å². The molecule has 3 heterocycles. The van der Waals surface area contributed by atoms with Crippen molar-refractivity contribution in [2.45, 2.75) is 56.5 Å². The first-order valence-corrected chi connectivity index (χ1v) is 12.6. The fraction of sp³-hybridized carbons (Fsp3) is 0.591. The van der Waals surface area contributed by atoms with Crippen molar-refractivity contribution in [3.05, 3.63) is 33.4 Å². The highest BCUT2D eigenvalue weighted by atomic mass is 32.2. The molecule has 6 nitrogen and oxygen atoms in total. The molecule has 4 rings (SSSR count). The number of aryl methyl sites for hydroxylation is 2. The molecule has 0 bridgehead atoms. The largest absolute Gasteiger partial charge is 0.339 e. The molecule has 1 aliphatic heterocycles. The zero-order valence-electron chi connectivity index (χ0n) is 17.9. The van der Waals surface area contributed by atoms with Crippen molar-refractivity contribution in [1.82, 2.24) is 19.4 Å². The number of rotatable bonds is 6. The molecule has 0 radical (unpaired) electrons. The smallest absolute Gasteiger partial charge is 0.263 e. The van der Waals surface area contributed by atoms with Crippen LogP contribution < -0.4 is 5.56 Å². The minimum Gasteiger partial charge on any atom is -0.339 e. The molecule has 0 spiro atoms. The van der Waals surface area contributed by atoms with Gasteiger partial charge in [-0.15, -0.1) is 17.9 Å². The van der Waals surface area contributed by atoms with Crippen molar-refractivity contribution in [3.63, 3.8) is 0 Å². The molecule has 2 aromatic heterocycles. The zero-order chi connectivity index (χ0) is 21.3. The Labute approximate surface area is 186 Å². The molecule has 1 amide bonds. The summed E-state index contributed by atoms with van der Waals surface area (Å²) in [4.78, 5) is 37.7. The topological polar surface area (TPSA) is 58.4 Å². The number of hydrogen-bond acceptors (Lipinski definition) is 6. The Balaban J connectivity index is 1.61. The van der Waals surface area contributed by atoms with Gasteiger partial charge in [0, 0.05) is 37.6 Å². The number of amides is 1. The van der Waals surface area contributed by atoms with Crippen LogP contribution in [0.4, 0.5) is 0 Å². The number of thioether (sulfide) groups is 1. The van der Waals surface area contributed by atoms with E-state index in [-0.39, 0.29) is 16.7 Å². The maximum absolute atomic E-state index is 13.4. The average Bonchev–Trinajstić information content (AvgIpc) is 3.14. The van der Waals surface area contributed by atoms with E-state index in [0.717, 1.165) is 62.2 Å². The van der Waals surface area contributed by atoms with Gasteiger partial charge in [-0.25, -0.2) is 4.98 Å². The molecule has 1 fully saturated rings. The second kappa shape index (κ2) is 9.24. The van der Waals surface area contributed by atoms with Crippen LogP contribution in [0, 0.1) is 0 Å². The summed E-state index contributed by atoms with van der Waals surface area (Å²) in [6.45, 7) is 12.7. The Bertz CT molecular complexity index is 1000. The molecular weight excluding hydrogens is 416 g/mol. The molecule has 1 saturated heterocycles. The molecule has 0 N–H and O–H groups in total. The molecule has 2 aliphatic rings. The Morgan fingerprint density at radius 2 is 2.00 bits per heavy atom. The molecule has 1 aliphatic carbocycles. The number of carbonyl (C=O) groups is 1. The van der Waals surface area contributed by atoms with Crippen LogP contribution in [0.5, 0.6) is 0 Å². The van der Waals surface area contributed by atoms with Crippen LogP contribution in [0.3, 0.4) is 0 Å². The number of fused-ring (bicyclic) bond motifs is 3. The van der Waals surface area contributed by atoms with Crippen molar-refractivity contribution in [2.24, 2.45) is 0 Å². The van der Waals surface area contributed by atoms with Crippen LogP contribution in [0.2, 0.25) is 0 Å². The fourth-order valence-corrected chi connectivity index (χ4v) is 6.65. The van der Waals surface area contributed by atoms with Gasteiger partial charge >= 0.3 is 0 Å². The number of allylic oxidation sites excluding steroid dienone is 1. The van der Waals surface area contributed by atoms with Gasteiger partial charge < -0.3 is 9.80 Å². The Morgan fingerprint density at radius 3 is 2.70 bits per heavy atom. The van der Waals surface area contributed by atoms with Gasteiger partial charge in [-0.2, -0.15) is 0 Å². The SMILES string of the molecule is C=CCn1c(SC(C)C(=O)N2CCN(CC)CC2)nc2sc3c(c2c1=O)CCCC3. The highest BCUT2D eigenvalue weighted by Gasteiger charge is 2.28. The Morgan fingerprint density at radius 1 is 1.27 bits per heavy atom. The van der Waals surface area contributed by atoms with Crippen molar-refractivity contribution < 1.29 is 4.79 Å². The summed E-state index contributed by atoms with van der Waals surface area (Å²) in [7, 11) is 0. The molecule has 30 heavy (non-hydrogen) atoms. The number of nitrogens with zero attached hydrogens (tertiary/aromatic N) is 4. The van der Waals surface area contributed by atoms with E-state index in [4.69, 9.17) is 4.98 Å². The van der Waals surface area contributed by atoms with Crippen molar-refractivity contribution in [3.8, 4) is 0 Å². The summed E-state index contributed by atoms with van der Waals surface area (Å²) >= 11 is 3.06. The highest BCUT2D eigenvalue weighted by molar-refractivity contribution is 8.00. The monoisotopic (exact) mass is 446 g/mol. The zero-order valence-corrected chi connectivity index (χ0v) is 19.5. The predicted octanol–water partition coefficient (Wildman–Crippen LogP) is 3.17. The molecule has 0 aromatic carbocycles. The highest BCUT2D eigenvalue weighted by Crippen LogP contribution is 2.35. The number of thiophene rings is 1. The number of aromatic nitrogens is 2. The standard InChI is InChI=1S/C22H30N4O2S2/c1-4-10-26-21(28)18-16-8-6-7-9-17(16)30-19(18)23-22(26)29-15(3)20(27)25-13-11-24(5-2)12-14-25/h4,15H,1,5-14H2,2-3H3. The summed E-state index contributed by atoms with van der Waals surface area (Å²) in [5.74, 6) is 0.126. The lowest BCUT2D eigenvalue weighted by Crippen LogP contribution is -2.50. The van der Waals surface area contributed by atoms with Gasteiger partial charge in [0.2, 0.25) is 5.91 Å². The van der Waals surface area contributed by atoms with Gasteiger partial charge in [-0.05, 0) is 44.7 Å². The number of hydrogen-bond donors (Lipinski definition) is 0. The van der Waals surface area contributed by atoms with E-state index in [1.807, 2.05) is 11.8 Å². The summed E-state index contributed by atoms with van der Waals surface area (Å²) in [5.41, 5.74) is 1.21. The molecule has 162 valence electrons. The maximum atomic E-state index is 13.4. The molecule has 2 aromatic rings. The van der Waals surface area contributed by atoms with E-state index >= 15 is 0 Å². The van der Waals surface area contributed by atoms with Crippen LogP contribution in [-0.4, -0.2) is 63.2 Å². The van der Waals surface area contributed by atoms with Crippen molar-refractivity contribution in [1.29, 1.82) is 0 Å². The third kappa shape index (κ3) is 4.09. The van der Waals surface area contributed by atoms with Crippen LogP contribution in [0.15, 0.2) is 22.6 Å². The summed E-state index contributed by atoms with van der Waals surface area (Å²) in [6, 6.07) is 0. The summed E-state index contributed by atoms with van der Waals surface area (Å²) in [6.07, 6.45) is 6.05. The minimum atomic E-state index is -0.284. The normalized spacial score (nSPS) is 18.4. The van der Waals surface area contributed by atoms with Crippen LogP contribution in [-0.2, 0) is 24.2 Å². The lowest BCUT2D eigenvalue weighted by Gasteiger charge is -2.35. The van der Waals surface area contributed by atoms with E-state index in [1.54, 1.807) is 22.0 Å². The first-order valence-electron chi connectivity index (χ1n) is 10.9.